The third-order valence-electron chi connectivity index (χ3n) is 5.38. The summed E-state index contributed by atoms with van der Waals surface area (Å²) in [6.45, 7) is 6.28. The number of amides is 1. The number of fused-ring (bicyclic) bond motifs is 1. The molecule has 2 atom stereocenters. The number of H-pyrrole nitrogens is 1. The molecule has 2 aromatic heterocycles. The summed E-state index contributed by atoms with van der Waals surface area (Å²) < 4.78 is 16.4. The minimum atomic E-state index is -1.08. The first-order valence-corrected chi connectivity index (χ1v) is 10.0. The molecule has 0 spiro atoms. The standard InChI is InChI=1S/C21H27FN6O/c1-13(2)10-28-7-6-19(17(22)12-28)24-21(29)20-16-8-14(4-5-18(16)25-26-20)15-9-23-27(3)11-15/h4-5,8-9,11,13,17,19H,6-7,10,12H2,1-3H3,(H,24,29)(H,25,26)/t17-,19-/m1/s1. The van der Waals surface area contributed by atoms with Crippen LogP contribution in [-0.4, -0.2) is 62.6 Å². The molecule has 1 aliphatic heterocycles. The van der Waals surface area contributed by atoms with Crippen molar-refractivity contribution in [3.63, 3.8) is 0 Å². The summed E-state index contributed by atoms with van der Waals surface area (Å²) in [5, 5.41) is 14.9. The van der Waals surface area contributed by atoms with Crippen LogP contribution in [0, 0.1) is 5.92 Å². The number of aromatic amines is 1. The van der Waals surface area contributed by atoms with Gasteiger partial charge in [0, 0.05) is 43.8 Å². The molecular formula is C21H27FN6O. The monoisotopic (exact) mass is 398 g/mol. The van der Waals surface area contributed by atoms with Crippen molar-refractivity contribution in [2.24, 2.45) is 13.0 Å². The van der Waals surface area contributed by atoms with Gasteiger partial charge in [-0.15, -0.1) is 0 Å². The van der Waals surface area contributed by atoms with Gasteiger partial charge < -0.3 is 10.2 Å². The smallest absolute Gasteiger partial charge is 0.272 e. The van der Waals surface area contributed by atoms with Gasteiger partial charge in [0.2, 0.25) is 0 Å². The van der Waals surface area contributed by atoms with Crippen LogP contribution in [-0.2, 0) is 7.05 Å². The van der Waals surface area contributed by atoms with Crippen molar-refractivity contribution in [2.75, 3.05) is 19.6 Å². The fourth-order valence-corrected chi connectivity index (χ4v) is 3.99. The lowest BCUT2D eigenvalue weighted by Gasteiger charge is -2.35. The number of alkyl halides is 1. The number of piperidine rings is 1. The van der Waals surface area contributed by atoms with Crippen molar-refractivity contribution >= 4 is 16.8 Å². The van der Waals surface area contributed by atoms with E-state index in [0.717, 1.165) is 35.1 Å². The van der Waals surface area contributed by atoms with Crippen molar-refractivity contribution in [2.45, 2.75) is 32.5 Å². The first-order valence-electron chi connectivity index (χ1n) is 10.0. The number of carbonyl (C=O) groups excluding carboxylic acids is 1. The molecule has 2 N–H and O–H groups in total. The van der Waals surface area contributed by atoms with Gasteiger partial charge in [-0.3, -0.25) is 14.6 Å². The number of benzene rings is 1. The van der Waals surface area contributed by atoms with Crippen LogP contribution in [0.3, 0.4) is 0 Å². The zero-order valence-electron chi connectivity index (χ0n) is 17.0. The number of aryl methyl sites for hydroxylation is 1. The number of hydrogen-bond donors (Lipinski definition) is 2. The van der Waals surface area contributed by atoms with E-state index in [1.165, 1.54) is 0 Å². The number of halogens is 1. The summed E-state index contributed by atoms with van der Waals surface area (Å²) in [6, 6.07) is 5.28. The topological polar surface area (TPSA) is 78.8 Å². The summed E-state index contributed by atoms with van der Waals surface area (Å²) in [5.41, 5.74) is 2.98. The average molecular weight is 398 g/mol. The molecule has 154 valence electrons. The Hall–Kier alpha value is -2.74. The molecule has 8 heteroatoms. The number of rotatable bonds is 5. The van der Waals surface area contributed by atoms with Crippen LogP contribution in [0.2, 0.25) is 0 Å². The van der Waals surface area contributed by atoms with Crippen LogP contribution in [0.5, 0.6) is 0 Å². The van der Waals surface area contributed by atoms with Crippen LogP contribution >= 0.6 is 0 Å². The molecule has 1 amide bonds. The molecule has 1 aliphatic rings. The molecule has 0 bridgehead atoms. The molecule has 0 saturated carbocycles. The summed E-state index contributed by atoms with van der Waals surface area (Å²) in [5.74, 6) is 0.155. The van der Waals surface area contributed by atoms with Crippen LogP contribution < -0.4 is 5.32 Å². The largest absolute Gasteiger partial charge is 0.345 e. The number of carbonyl (C=O) groups is 1. The zero-order chi connectivity index (χ0) is 20.5. The maximum absolute atomic E-state index is 14.7. The number of aromatic nitrogens is 4. The van der Waals surface area contributed by atoms with Crippen molar-refractivity contribution in [3.8, 4) is 11.1 Å². The van der Waals surface area contributed by atoms with Gasteiger partial charge in [0.15, 0.2) is 5.69 Å². The average Bonchev–Trinajstić information content (AvgIpc) is 3.29. The predicted molar refractivity (Wildman–Crippen MR) is 110 cm³/mol. The Morgan fingerprint density at radius 1 is 1.38 bits per heavy atom. The summed E-state index contributed by atoms with van der Waals surface area (Å²) in [6.07, 6.45) is 3.21. The molecule has 1 fully saturated rings. The van der Waals surface area contributed by atoms with Gasteiger partial charge in [-0.25, -0.2) is 4.39 Å². The molecule has 3 heterocycles. The molecule has 0 radical (unpaired) electrons. The highest BCUT2D eigenvalue weighted by Gasteiger charge is 2.31. The molecule has 3 aromatic rings. The normalized spacial score (nSPS) is 20.4. The minimum Gasteiger partial charge on any atom is -0.345 e. The highest BCUT2D eigenvalue weighted by atomic mass is 19.1. The number of nitrogens with zero attached hydrogens (tertiary/aromatic N) is 4. The molecule has 0 unspecified atom stereocenters. The van der Waals surface area contributed by atoms with E-state index in [0.29, 0.717) is 24.6 Å². The van der Waals surface area contributed by atoms with Gasteiger partial charge in [0.1, 0.15) is 6.17 Å². The van der Waals surface area contributed by atoms with E-state index in [2.05, 4.69) is 39.4 Å². The minimum absolute atomic E-state index is 0.294. The van der Waals surface area contributed by atoms with Crippen LogP contribution in [0.1, 0.15) is 30.8 Å². The van der Waals surface area contributed by atoms with Gasteiger partial charge in [-0.1, -0.05) is 19.9 Å². The lowest BCUT2D eigenvalue weighted by molar-refractivity contribution is 0.0748. The van der Waals surface area contributed by atoms with Crippen molar-refractivity contribution in [1.82, 2.24) is 30.2 Å². The lowest BCUT2D eigenvalue weighted by Crippen LogP contribution is -2.53. The van der Waals surface area contributed by atoms with E-state index < -0.39 is 12.2 Å². The van der Waals surface area contributed by atoms with Crippen LogP contribution in [0.25, 0.3) is 22.0 Å². The predicted octanol–water partition coefficient (Wildman–Crippen LogP) is 2.76. The Balaban J connectivity index is 1.50. The van der Waals surface area contributed by atoms with Crippen LogP contribution in [0.4, 0.5) is 4.39 Å². The number of likely N-dealkylation sites (tertiary alicyclic amines) is 1. The Labute approximate surface area is 169 Å². The maximum Gasteiger partial charge on any atom is 0.272 e. The number of nitrogens with one attached hydrogen (secondary N) is 2. The highest BCUT2D eigenvalue weighted by molar-refractivity contribution is 6.05. The summed E-state index contributed by atoms with van der Waals surface area (Å²) >= 11 is 0. The number of hydrogen-bond acceptors (Lipinski definition) is 4. The van der Waals surface area contributed by atoms with Crippen molar-refractivity contribution < 1.29 is 9.18 Å². The molecule has 29 heavy (non-hydrogen) atoms. The van der Waals surface area contributed by atoms with Gasteiger partial charge in [0.25, 0.3) is 5.91 Å². The highest BCUT2D eigenvalue weighted by Crippen LogP contribution is 2.25. The molecule has 7 nitrogen and oxygen atoms in total. The Kier molecular flexibility index (Phi) is 5.36. The van der Waals surface area contributed by atoms with E-state index in [9.17, 15) is 9.18 Å². The Morgan fingerprint density at radius 3 is 2.90 bits per heavy atom. The quantitative estimate of drug-likeness (QED) is 0.693. The first-order chi connectivity index (χ1) is 13.9. The Morgan fingerprint density at radius 2 is 2.21 bits per heavy atom. The fraction of sp³-hybridized carbons (Fsp3) is 0.476. The van der Waals surface area contributed by atoms with E-state index in [1.807, 2.05) is 31.4 Å². The van der Waals surface area contributed by atoms with Crippen molar-refractivity contribution in [1.29, 1.82) is 0 Å². The summed E-state index contributed by atoms with van der Waals surface area (Å²) in [4.78, 5) is 15.0. The van der Waals surface area contributed by atoms with Gasteiger partial charge in [0.05, 0.1) is 17.8 Å². The van der Waals surface area contributed by atoms with E-state index in [-0.39, 0.29) is 5.91 Å². The van der Waals surface area contributed by atoms with E-state index >= 15 is 0 Å². The van der Waals surface area contributed by atoms with Gasteiger partial charge >= 0.3 is 0 Å². The van der Waals surface area contributed by atoms with E-state index in [1.54, 1.807) is 10.9 Å². The molecule has 1 saturated heterocycles. The molecule has 4 rings (SSSR count). The Bertz CT molecular complexity index is 1010. The lowest BCUT2D eigenvalue weighted by atomic mass is 10.0. The van der Waals surface area contributed by atoms with Crippen LogP contribution in [0.15, 0.2) is 30.6 Å². The van der Waals surface area contributed by atoms with Gasteiger partial charge in [-0.2, -0.15) is 10.2 Å². The maximum atomic E-state index is 14.7. The molecular weight excluding hydrogens is 371 g/mol. The SMILES string of the molecule is CC(C)CN1CC[C@@H](NC(=O)c2n[nH]c3ccc(-c4cnn(C)c4)cc23)[C@H](F)C1. The second kappa shape index (κ2) is 7.94. The second-order valence-electron chi connectivity index (χ2n) is 8.27. The third kappa shape index (κ3) is 4.17. The third-order valence-corrected chi connectivity index (χ3v) is 5.38. The fourth-order valence-electron chi connectivity index (χ4n) is 3.99. The second-order valence-corrected chi connectivity index (χ2v) is 8.27. The van der Waals surface area contributed by atoms with E-state index in [4.69, 9.17) is 0 Å². The first kappa shape index (κ1) is 19.6. The summed E-state index contributed by atoms with van der Waals surface area (Å²) in [7, 11) is 1.86. The van der Waals surface area contributed by atoms with Gasteiger partial charge in [-0.05, 0) is 30.0 Å². The zero-order valence-corrected chi connectivity index (χ0v) is 17.0. The molecule has 1 aromatic carbocycles. The molecule has 0 aliphatic carbocycles. The van der Waals surface area contributed by atoms with Crippen molar-refractivity contribution in [3.05, 3.63) is 36.3 Å².